The molecule has 5 nitrogen and oxygen atoms in total. The molecule has 106 valence electrons. The maximum Gasteiger partial charge on any atom is 0.138 e. The Morgan fingerprint density at radius 1 is 1.17 bits per heavy atom. The van der Waals surface area contributed by atoms with E-state index in [2.05, 4.69) is 5.32 Å². The standard InChI is InChI=1S/C13H25NO4/c1-7(2)9(15)5-10-12(16)13(17)11(18-10)6-14-8(3)4/h7-8,10-14,16-17H,5-6H2,1-4H3/t10?,11-,12?,13?/m1/s1. The van der Waals surface area contributed by atoms with Crippen LogP contribution in [-0.2, 0) is 9.53 Å². The second-order valence-electron chi connectivity index (χ2n) is 5.58. The summed E-state index contributed by atoms with van der Waals surface area (Å²) in [5.41, 5.74) is 0. The lowest BCUT2D eigenvalue weighted by atomic mass is 9.99. The first-order chi connectivity index (χ1) is 8.32. The summed E-state index contributed by atoms with van der Waals surface area (Å²) in [4.78, 5) is 11.6. The average Bonchev–Trinajstić information content (AvgIpc) is 2.54. The summed E-state index contributed by atoms with van der Waals surface area (Å²) in [5, 5.41) is 22.9. The molecule has 3 unspecified atom stereocenters. The van der Waals surface area contributed by atoms with Crippen LogP contribution in [0, 0.1) is 5.92 Å². The number of ether oxygens (including phenoxy) is 1. The quantitative estimate of drug-likeness (QED) is 0.630. The molecule has 0 aromatic rings. The number of ketones is 1. The normalized spacial score (nSPS) is 32.4. The first kappa shape index (κ1) is 15.6. The summed E-state index contributed by atoms with van der Waals surface area (Å²) < 4.78 is 5.57. The zero-order valence-electron chi connectivity index (χ0n) is 11.6. The van der Waals surface area contributed by atoms with Crippen molar-refractivity contribution in [2.24, 2.45) is 5.92 Å². The minimum Gasteiger partial charge on any atom is -0.388 e. The van der Waals surface area contributed by atoms with Crippen LogP contribution in [0.2, 0.25) is 0 Å². The van der Waals surface area contributed by atoms with Crippen LogP contribution in [0.15, 0.2) is 0 Å². The van der Waals surface area contributed by atoms with Gasteiger partial charge in [0.15, 0.2) is 0 Å². The molecule has 0 saturated carbocycles. The minimum absolute atomic E-state index is 0.0451. The zero-order chi connectivity index (χ0) is 13.9. The van der Waals surface area contributed by atoms with Gasteiger partial charge in [-0.25, -0.2) is 0 Å². The molecule has 0 bridgehead atoms. The van der Waals surface area contributed by atoms with Gasteiger partial charge in [-0.05, 0) is 0 Å². The van der Waals surface area contributed by atoms with Gasteiger partial charge in [-0.3, -0.25) is 4.79 Å². The molecule has 3 N–H and O–H groups in total. The molecular formula is C13H25NO4. The van der Waals surface area contributed by atoms with Crippen molar-refractivity contribution in [2.75, 3.05) is 6.54 Å². The van der Waals surface area contributed by atoms with Crippen LogP contribution in [-0.4, -0.2) is 53.0 Å². The molecule has 0 amide bonds. The van der Waals surface area contributed by atoms with Crippen LogP contribution in [0.4, 0.5) is 0 Å². The van der Waals surface area contributed by atoms with Crippen molar-refractivity contribution in [2.45, 2.75) is 64.6 Å². The van der Waals surface area contributed by atoms with Crippen molar-refractivity contribution >= 4 is 5.78 Å². The van der Waals surface area contributed by atoms with Crippen molar-refractivity contribution < 1.29 is 19.7 Å². The number of rotatable bonds is 6. The van der Waals surface area contributed by atoms with Gasteiger partial charge < -0.3 is 20.3 Å². The zero-order valence-corrected chi connectivity index (χ0v) is 11.6. The average molecular weight is 259 g/mol. The molecule has 1 aliphatic rings. The number of aliphatic hydroxyl groups excluding tert-OH is 2. The van der Waals surface area contributed by atoms with Gasteiger partial charge in [-0.2, -0.15) is 0 Å². The molecule has 1 fully saturated rings. The number of Topliss-reactive ketones (excluding diaryl/α,β-unsaturated/α-hetero) is 1. The largest absolute Gasteiger partial charge is 0.388 e. The molecule has 4 atom stereocenters. The SMILES string of the molecule is CC(C)NC[C@H]1OC(CC(=O)C(C)C)C(O)C1O. The van der Waals surface area contributed by atoms with E-state index in [4.69, 9.17) is 4.74 Å². The molecule has 1 aliphatic heterocycles. The molecule has 0 aromatic heterocycles. The number of carbonyl (C=O) groups excluding carboxylic acids is 1. The smallest absolute Gasteiger partial charge is 0.138 e. The summed E-state index contributed by atoms with van der Waals surface area (Å²) in [5.74, 6) is -0.0329. The molecule has 18 heavy (non-hydrogen) atoms. The van der Waals surface area contributed by atoms with Gasteiger partial charge in [0.25, 0.3) is 0 Å². The summed E-state index contributed by atoms with van der Waals surface area (Å²) in [6.45, 7) is 8.10. The van der Waals surface area contributed by atoms with Crippen LogP contribution in [0.5, 0.6) is 0 Å². The van der Waals surface area contributed by atoms with Crippen molar-refractivity contribution in [1.82, 2.24) is 5.32 Å². The molecule has 1 heterocycles. The second-order valence-corrected chi connectivity index (χ2v) is 5.58. The van der Waals surface area contributed by atoms with Crippen LogP contribution < -0.4 is 5.32 Å². The van der Waals surface area contributed by atoms with Crippen LogP contribution in [0.3, 0.4) is 0 Å². The Kier molecular flexibility index (Phi) is 5.72. The van der Waals surface area contributed by atoms with Gasteiger partial charge in [0.2, 0.25) is 0 Å². The summed E-state index contributed by atoms with van der Waals surface area (Å²) in [7, 11) is 0. The van der Waals surface area contributed by atoms with E-state index in [9.17, 15) is 15.0 Å². The highest BCUT2D eigenvalue weighted by atomic mass is 16.5. The fourth-order valence-electron chi connectivity index (χ4n) is 1.95. The molecule has 1 saturated heterocycles. The second kappa shape index (κ2) is 6.61. The number of hydrogen-bond donors (Lipinski definition) is 3. The number of nitrogens with one attached hydrogen (secondary N) is 1. The molecule has 5 heteroatoms. The third-order valence-electron chi connectivity index (χ3n) is 3.23. The van der Waals surface area contributed by atoms with Crippen molar-refractivity contribution in [3.8, 4) is 0 Å². The Bertz CT molecular complexity index is 280. The van der Waals surface area contributed by atoms with Crippen molar-refractivity contribution in [1.29, 1.82) is 0 Å². The number of aliphatic hydroxyl groups is 2. The number of hydrogen-bond acceptors (Lipinski definition) is 5. The Morgan fingerprint density at radius 3 is 2.22 bits per heavy atom. The first-order valence-electron chi connectivity index (χ1n) is 6.60. The highest BCUT2D eigenvalue weighted by molar-refractivity contribution is 5.80. The Hall–Kier alpha value is -0.490. The summed E-state index contributed by atoms with van der Waals surface area (Å²) in [6, 6.07) is 0.286. The van der Waals surface area contributed by atoms with Crippen molar-refractivity contribution in [3.05, 3.63) is 0 Å². The van der Waals surface area contributed by atoms with Crippen molar-refractivity contribution in [3.63, 3.8) is 0 Å². The maximum atomic E-state index is 11.6. The lowest BCUT2D eigenvalue weighted by molar-refractivity contribution is -0.125. The van der Waals surface area contributed by atoms with E-state index in [1.54, 1.807) is 0 Å². The predicted octanol–water partition coefficient (Wildman–Crippen LogP) is 0.0888. The summed E-state index contributed by atoms with van der Waals surface area (Å²) >= 11 is 0. The van der Waals surface area contributed by atoms with E-state index < -0.39 is 24.4 Å². The van der Waals surface area contributed by atoms with E-state index >= 15 is 0 Å². The molecule has 0 spiro atoms. The fourth-order valence-corrected chi connectivity index (χ4v) is 1.95. The van der Waals surface area contributed by atoms with Gasteiger partial charge in [0.1, 0.15) is 18.0 Å². The van der Waals surface area contributed by atoms with Gasteiger partial charge >= 0.3 is 0 Å². The third kappa shape index (κ3) is 4.02. The molecule has 0 radical (unpaired) electrons. The topological polar surface area (TPSA) is 78.8 Å². The monoisotopic (exact) mass is 259 g/mol. The Morgan fingerprint density at radius 2 is 1.72 bits per heavy atom. The maximum absolute atomic E-state index is 11.6. The summed E-state index contributed by atoms with van der Waals surface area (Å²) in [6.07, 6.45) is -2.79. The van der Waals surface area contributed by atoms with E-state index in [0.717, 1.165) is 0 Å². The lowest BCUT2D eigenvalue weighted by Gasteiger charge is -2.17. The fraction of sp³-hybridized carbons (Fsp3) is 0.923. The van der Waals surface area contributed by atoms with Crippen LogP contribution in [0.25, 0.3) is 0 Å². The Labute approximate surface area is 109 Å². The third-order valence-corrected chi connectivity index (χ3v) is 3.23. The molecule has 0 aromatic carbocycles. The predicted molar refractivity (Wildman–Crippen MR) is 68.3 cm³/mol. The van der Waals surface area contributed by atoms with Gasteiger partial charge in [0.05, 0.1) is 12.2 Å². The lowest BCUT2D eigenvalue weighted by Crippen LogP contribution is -2.40. The van der Waals surface area contributed by atoms with Gasteiger partial charge in [0, 0.05) is 24.9 Å². The highest BCUT2D eigenvalue weighted by Gasteiger charge is 2.43. The van der Waals surface area contributed by atoms with Gasteiger partial charge in [-0.1, -0.05) is 27.7 Å². The highest BCUT2D eigenvalue weighted by Crippen LogP contribution is 2.24. The van der Waals surface area contributed by atoms with E-state index in [0.29, 0.717) is 6.54 Å². The molecule has 1 rings (SSSR count). The van der Waals surface area contributed by atoms with E-state index in [1.807, 2.05) is 27.7 Å². The number of carbonyl (C=O) groups is 1. The molecular weight excluding hydrogens is 234 g/mol. The first-order valence-corrected chi connectivity index (χ1v) is 6.60. The van der Waals surface area contributed by atoms with E-state index in [1.165, 1.54) is 0 Å². The van der Waals surface area contributed by atoms with Crippen LogP contribution >= 0.6 is 0 Å². The van der Waals surface area contributed by atoms with Crippen LogP contribution in [0.1, 0.15) is 34.1 Å². The van der Waals surface area contributed by atoms with E-state index in [-0.39, 0.29) is 24.2 Å². The minimum atomic E-state index is -0.980. The van der Waals surface area contributed by atoms with Gasteiger partial charge in [-0.15, -0.1) is 0 Å². The molecule has 0 aliphatic carbocycles. The Balaban J connectivity index is 2.50.